The van der Waals surface area contributed by atoms with Gasteiger partial charge in [-0.05, 0) is 145 Å². The second-order valence-corrected chi connectivity index (χ2v) is 32.9. The number of fused-ring (bicyclic) bond motifs is 3. The van der Waals surface area contributed by atoms with Gasteiger partial charge >= 0.3 is 28.4 Å². The molecule has 8 saturated heterocycles. The Kier molecular flexibility index (Phi) is 21.6. The average molecular weight is 1550 g/mol. The van der Waals surface area contributed by atoms with Crippen LogP contribution in [0.5, 0.6) is 0 Å². The molecule has 16 rings (SSSR count). The van der Waals surface area contributed by atoms with Gasteiger partial charge in [0.1, 0.15) is 87.2 Å². The van der Waals surface area contributed by atoms with Crippen LogP contribution in [0.25, 0.3) is 0 Å². The lowest BCUT2D eigenvalue weighted by Crippen LogP contribution is -2.50. The first-order chi connectivity index (χ1) is 51.4. The summed E-state index contributed by atoms with van der Waals surface area (Å²) in [7, 11) is 0. The van der Waals surface area contributed by atoms with E-state index < -0.39 is 169 Å². The zero-order chi connectivity index (χ0) is 80.3. The van der Waals surface area contributed by atoms with Gasteiger partial charge in [-0.3, -0.25) is 42.4 Å². The molecule has 110 heavy (non-hydrogen) atoms. The molecule has 3 spiro atoms. The summed E-state index contributed by atoms with van der Waals surface area (Å²) in [5.74, 6) is -1.44. The molecular formula is C73H107N13O24. The minimum atomic E-state index is -1.75. The standard InChI is InChI=1S/C17H25N3O4.C17H24N2O5.C16H22N2O6.C12H19N3O4.C11H17N3O5/c1-4-15(2)12-16(3,24-17(22-12)8-5-6-9-17)13(23-15)20-10-7-11(18)19-14(20)21;1-4-15(2)12-16(3,24-17(22-12)8-5-6-9-17)13(23-15)19-10-7-11(20)18-14(19)21;1-14(9-19)11-15(2,24-16(22-11)6-3-4-7-16)12(23-14)18-8-5-10(20)17-13(18)21;1-4-11(2)8(16)12(3,18)9(19-11)15-6-5-7(13)14-10(15)17;1-10(5-15)7(16)11(2,18)8(19-10)14-4-3-6(12)13-9(14)17/h7,10,12-13H,4-6,8-9H2,1-3H3,(H2,18,19,21);7,10,12-13H,4-6,8-9H2,1-3H3,(H,18,20,21);5,8,11-12,19H,3-4,6-7,9H2,1-2H3,(H,17,20,21);5-6,8-9,16,18H,4H2,1-3H3,(H2,13,14,17);3-4,7-8,15-16,18H,5H2,1-2H3,(H2,12,13,17)/t2*12-,13-,15-,16-;11-,12-,14-,15-;8-,9-,11-,12-;7-,8-,10-,11-/m11111/s1. The number of rotatable bonds is 10. The largest absolute Gasteiger partial charge is 0.393 e. The van der Waals surface area contributed by atoms with Gasteiger partial charge in [0.2, 0.25) is 0 Å². The number of hydrogen-bond acceptors (Lipinski definition) is 30. The molecule has 608 valence electrons. The van der Waals surface area contributed by atoms with E-state index in [0.717, 1.165) is 99.0 Å². The normalized spacial score (nSPS) is 39.7. The predicted octanol–water partition coefficient (Wildman–Crippen LogP) is 1.76. The van der Waals surface area contributed by atoms with Crippen LogP contribution in [0.4, 0.5) is 17.5 Å². The molecule has 3 aliphatic carbocycles. The van der Waals surface area contributed by atoms with Gasteiger partial charge in [-0.1, -0.05) is 20.8 Å². The number of aromatic amines is 2. The summed E-state index contributed by atoms with van der Waals surface area (Å²) in [5, 5.41) is 60.2. The number of nitrogens with one attached hydrogen (secondary N) is 2. The van der Waals surface area contributed by atoms with Crippen molar-refractivity contribution in [3.63, 3.8) is 0 Å². The van der Waals surface area contributed by atoms with Crippen molar-refractivity contribution >= 4 is 17.5 Å². The number of hydrogen-bond donors (Lipinski definition) is 11. The Morgan fingerprint density at radius 2 is 0.655 bits per heavy atom. The minimum Gasteiger partial charge on any atom is -0.393 e. The second kappa shape index (κ2) is 29.0. The maximum Gasteiger partial charge on any atom is 0.351 e. The van der Waals surface area contributed by atoms with E-state index in [4.69, 9.17) is 69.3 Å². The Balaban J connectivity index is 0.000000129. The number of aliphatic hydroxyl groups is 6. The highest BCUT2D eigenvalue weighted by Crippen LogP contribution is 2.62. The third-order valence-electron chi connectivity index (χ3n) is 24.4. The monoisotopic (exact) mass is 1550 g/mol. The number of ether oxygens (including phenoxy) is 11. The SMILES string of the molecule is CC[C@@]1(C)O[C@@H](n2ccc(=O)[nH]c2=O)[C@]2(C)OC3(CCCC3)O[C@@H]21.CC[C@@]1(C)O[C@@H](n2ccc(N)nc2=O)[C@](C)(O)[C@@H]1O.CC[C@@]1(C)O[C@@H](n2ccc(N)nc2=O)[C@]2(C)OC3(CCCC3)O[C@@H]21.C[C@@]12OC3(CCCC3)O[C@@H]1[C@@](C)(CO)O[C@H]2n1ccc(=O)[nH]c1=O.C[C@]1(O)[C@H](n2ccc(N)nc2=O)O[C@](C)(CO)[C@H]1O. The average Bonchev–Trinajstić information content (AvgIpc) is 1.55. The van der Waals surface area contributed by atoms with Gasteiger partial charge in [0.05, 0.1) is 30.0 Å². The van der Waals surface area contributed by atoms with Gasteiger partial charge in [0.15, 0.2) is 48.5 Å². The number of nitrogens with zero attached hydrogens (tertiary/aromatic N) is 8. The topological polar surface area (TPSA) is 515 Å². The first-order valence-electron chi connectivity index (χ1n) is 37.6. The fraction of sp³-hybridized carbons (Fsp3) is 0.726. The molecule has 0 unspecified atom stereocenters. The third kappa shape index (κ3) is 14.0. The molecule has 3 saturated carbocycles. The molecule has 0 amide bonds. The molecule has 14 N–H and O–H groups in total. The molecule has 11 aliphatic rings. The van der Waals surface area contributed by atoms with Gasteiger partial charge in [-0.15, -0.1) is 0 Å². The van der Waals surface area contributed by atoms with Crippen molar-refractivity contribution < 1.29 is 82.7 Å². The summed E-state index contributed by atoms with van der Waals surface area (Å²) >= 11 is 0. The molecule has 0 bridgehead atoms. The van der Waals surface area contributed by atoms with E-state index in [9.17, 15) is 64.2 Å². The Hall–Kier alpha value is -7.28. The van der Waals surface area contributed by atoms with Crippen LogP contribution in [0.3, 0.4) is 0 Å². The highest BCUT2D eigenvalue weighted by molar-refractivity contribution is 5.27. The van der Waals surface area contributed by atoms with Crippen molar-refractivity contribution in [3.05, 3.63) is 134 Å². The molecule has 5 aromatic heterocycles. The van der Waals surface area contributed by atoms with Crippen molar-refractivity contribution in [2.24, 2.45) is 0 Å². The number of H-pyrrole nitrogens is 2. The number of aromatic nitrogens is 10. The number of nitrogen functional groups attached to an aromatic ring is 3. The zero-order valence-electron chi connectivity index (χ0n) is 64.4. The van der Waals surface area contributed by atoms with E-state index >= 15 is 0 Å². The molecule has 0 aromatic carbocycles. The molecular weight excluding hydrogens is 1440 g/mol. The summed E-state index contributed by atoms with van der Waals surface area (Å²) < 4.78 is 74.6. The van der Waals surface area contributed by atoms with E-state index in [-0.39, 0.29) is 36.3 Å². The summed E-state index contributed by atoms with van der Waals surface area (Å²) in [6, 6.07) is 7.01. The highest BCUT2D eigenvalue weighted by atomic mass is 16.8. The summed E-state index contributed by atoms with van der Waals surface area (Å²) in [4.78, 5) is 98.7. The molecule has 8 aliphatic heterocycles. The zero-order valence-corrected chi connectivity index (χ0v) is 64.4. The first kappa shape index (κ1) is 82.2. The molecule has 37 nitrogen and oxygen atoms in total. The second-order valence-electron chi connectivity index (χ2n) is 32.9. The summed E-state index contributed by atoms with van der Waals surface area (Å²) in [6.45, 7) is 22.7. The fourth-order valence-corrected chi connectivity index (χ4v) is 18.0. The molecule has 13 heterocycles. The van der Waals surface area contributed by atoms with Crippen LogP contribution in [0.15, 0.2) is 94.9 Å². The minimum absolute atomic E-state index is 0.0457. The van der Waals surface area contributed by atoms with Crippen LogP contribution in [-0.2, 0) is 52.1 Å². The van der Waals surface area contributed by atoms with Crippen LogP contribution in [0.1, 0.15) is 217 Å². The molecule has 20 atom stereocenters. The number of anilines is 3. The van der Waals surface area contributed by atoms with Gasteiger partial charge in [0.25, 0.3) is 11.1 Å². The number of aliphatic hydroxyl groups excluding tert-OH is 4. The molecule has 11 fully saturated rings. The molecule has 0 radical (unpaired) electrons. The van der Waals surface area contributed by atoms with E-state index in [1.54, 1.807) is 26.1 Å². The van der Waals surface area contributed by atoms with Crippen molar-refractivity contribution in [2.45, 2.75) is 321 Å². The smallest absolute Gasteiger partial charge is 0.351 e. The summed E-state index contributed by atoms with van der Waals surface area (Å²) in [6.07, 6.45) is 13.0. The predicted molar refractivity (Wildman–Crippen MR) is 389 cm³/mol. The third-order valence-corrected chi connectivity index (χ3v) is 24.4. The van der Waals surface area contributed by atoms with Gasteiger partial charge in [-0.25, -0.2) is 24.0 Å². The van der Waals surface area contributed by atoms with Crippen LogP contribution in [0, 0.1) is 0 Å². The quantitative estimate of drug-likeness (QED) is 0.0949. The Morgan fingerprint density at radius 1 is 0.391 bits per heavy atom. The van der Waals surface area contributed by atoms with E-state index in [1.807, 2.05) is 48.5 Å². The van der Waals surface area contributed by atoms with Crippen LogP contribution < -0.4 is 56.8 Å². The van der Waals surface area contributed by atoms with Crippen LogP contribution >= 0.6 is 0 Å². The van der Waals surface area contributed by atoms with Crippen LogP contribution in [0.2, 0.25) is 0 Å². The van der Waals surface area contributed by atoms with Gasteiger partial charge < -0.3 is 99.9 Å². The maximum atomic E-state index is 12.4. The van der Waals surface area contributed by atoms with Crippen molar-refractivity contribution in [2.75, 3.05) is 30.4 Å². The Labute approximate surface area is 631 Å². The fourth-order valence-electron chi connectivity index (χ4n) is 18.0. The lowest BCUT2D eigenvalue weighted by molar-refractivity contribution is -0.248. The van der Waals surface area contributed by atoms with E-state index in [0.29, 0.717) is 6.42 Å². The van der Waals surface area contributed by atoms with E-state index in [2.05, 4.69) is 31.8 Å². The summed E-state index contributed by atoms with van der Waals surface area (Å²) in [5.41, 5.74) is 2.52. The molecule has 37 heteroatoms. The maximum absolute atomic E-state index is 12.4. The van der Waals surface area contributed by atoms with E-state index in [1.165, 1.54) is 83.5 Å². The number of nitrogens with two attached hydrogens (primary N) is 3. The van der Waals surface area contributed by atoms with Crippen LogP contribution in [-0.4, -0.2) is 195 Å². The van der Waals surface area contributed by atoms with Gasteiger partial charge in [0, 0.05) is 81.6 Å². The van der Waals surface area contributed by atoms with Gasteiger partial charge in [-0.2, -0.15) is 15.0 Å². The first-order valence-corrected chi connectivity index (χ1v) is 37.6. The van der Waals surface area contributed by atoms with Crippen molar-refractivity contribution in [1.82, 2.24) is 47.8 Å². The van der Waals surface area contributed by atoms with Crippen molar-refractivity contribution in [1.29, 1.82) is 0 Å². The lowest BCUT2D eigenvalue weighted by Gasteiger charge is -2.32. The lowest BCUT2D eigenvalue weighted by atomic mass is 9.87. The van der Waals surface area contributed by atoms with Crippen molar-refractivity contribution in [3.8, 4) is 0 Å². The Bertz CT molecular complexity index is 4430. The Morgan fingerprint density at radius 3 is 0.936 bits per heavy atom. The molecule has 5 aromatic rings. The highest BCUT2D eigenvalue weighted by Gasteiger charge is 2.74.